The third-order valence-corrected chi connectivity index (χ3v) is 13.8. The summed E-state index contributed by atoms with van der Waals surface area (Å²) in [5, 5.41) is 0. The first kappa shape index (κ1) is 29.8. The van der Waals surface area contributed by atoms with Crippen molar-refractivity contribution in [2.24, 2.45) is 45.3 Å². The Kier molecular flexibility index (Phi) is 6.84. The minimum Gasteiger partial charge on any atom is -0.465 e. The number of esters is 2. The van der Waals surface area contributed by atoms with Crippen molar-refractivity contribution in [3.05, 3.63) is 29.4 Å². The van der Waals surface area contributed by atoms with E-state index < -0.39 is 0 Å². The van der Waals surface area contributed by atoms with Crippen molar-refractivity contribution in [3.63, 3.8) is 0 Å². The Morgan fingerprint density at radius 1 is 0.857 bits per heavy atom. The molecule has 0 saturated heterocycles. The first-order valence-electron chi connectivity index (χ1n) is 16.5. The molecule has 4 saturated carbocycles. The van der Waals surface area contributed by atoms with Crippen LogP contribution in [0.5, 0.6) is 0 Å². The lowest BCUT2D eigenvalue weighted by Crippen LogP contribution is -2.66. The second-order valence-electron chi connectivity index (χ2n) is 16.2. The molecular formula is C36H52N2O4. The number of carbonyl (C=O) groups excluding carboxylic acids is 2. The van der Waals surface area contributed by atoms with Gasteiger partial charge >= 0.3 is 11.9 Å². The number of ether oxygens (including phenoxy) is 2. The first-order chi connectivity index (χ1) is 19.6. The minimum absolute atomic E-state index is 0.00308. The molecular weight excluding hydrogens is 524 g/mol. The second-order valence-corrected chi connectivity index (χ2v) is 16.2. The Balaban J connectivity index is 1.43. The molecule has 6 rings (SSSR count). The SMILES string of the molecule is CC(=O)OC[C@@]12CC[C@]3(C)[C@H](CC[C@@H]4[C@@]5(C)CC[C@H](OC(C)=O)C(C)(C)[C@@H]5CC[C@]43C)C1=C(C(C)C)c1nccnc12. The summed E-state index contributed by atoms with van der Waals surface area (Å²) in [4.78, 5) is 34.1. The van der Waals surface area contributed by atoms with E-state index >= 15 is 0 Å². The van der Waals surface area contributed by atoms with Crippen LogP contribution in [0.1, 0.15) is 125 Å². The average Bonchev–Trinajstić information content (AvgIpc) is 3.20. The van der Waals surface area contributed by atoms with E-state index in [-0.39, 0.29) is 45.1 Å². The molecule has 0 radical (unpaired) electrons. The molecule has 6 nitrogen and oxygen atoms in total. The molecule has 5 aliphatic carbocycles. The van der Waals surface area contributed by atoms with Crippen LogP contribution in [0.4, 0.5) is 0 Å². The predicted octanol–water partition coefficient (Wildman–Crippen LogP) is 7.70. The largest absolute Gasteiger partial charge is 0.465 e. The molecule has 1 aromatic rings. The van der Waals surface area contributed by atoms with E-state index in [1.807, 2.05) is 12.4 Å². The number of fused-ring (bicyclic) bond motifs is 9. The number of hydrogen-bond donors (Lipinski definition) is 0. The number of nitrogens with zero attached hydrogens (tertiary/aromatic N) is 2. The number of hydrogen-bond acceptors (Lipinski definition) is 6. The highest BCUT2D eigenvalue weighted by molar-refractivity contribution is 5.79. The highest BCUT2D eigenvalue weighted by atomic mass is 16.5. The Labute approximate surface area is 252 Å². The third kappa shape index (κ3) is 3.81. The van der Waals surface area contributed by atoms with E-state index in [0.29, 0.717) is 30.3 Å². The molecule has 1 aromatic heterocycles. The van der Waals surface area contributed by atoms with E-state index in [2.05, 4.69) is 48.5 Å². The van der Waals surface area contributed by atoms with Crippen LogP contribution >= 0.6 is 0 Å². The van der Waals surface area contributed by atoms with Gasteiger partial charge < -0.3 is 9.47 Å². The van der Waals surface area contributed by atoms with Crippen molar-refractivity contribution in [1.82, 2.24) is 9.97 Å². The summed E-state index contributed by atoms with van der Waals surface area (Å²) in [6.07, 6.45) is 12.5. The van der Waals surface area contributed by atoms with E-state index in [1.165, 1.54) is 37.3 Å². The molecule has 0 unspecified atom stereocenters. The molecule has 0 aromatic carbocycles. The van der Waals surface area contributed by atoms with Crippen LogP contribution in [-0.2, 0) is 24.5 Å². The fraction of sp³-hybridized carbons (Fsp3) is 0.778. The molecule has 42 heavy (non-hydrogen) atoms. The molecule has 0 bridgehead atoms. The quantitative estimate of drug-likeness (QED) is 0.342. The van der Waals surface area contributed by atoms with Gasteiger partial charge in [0.15, 0.2) is 0 Å². The van der Waals surface area contributed by atoms with Crippen LogP contribution in [0.3, 0.4) is 0 Å². The zero-order valence-corrected chi connectivity index (χ0v) is 27.4. The number of allylic oxidation sites excluding steroid dienone is 1. The fourth-order valence-electron chi connectivity index (χ4n) is 11.9. The van der Waals surface area contributed by atoms with E-state index in [1.54, 1.807) is 6.92 Å². The predicted molar refractivity (Wildman–Crippen MR) is 163 cm³/mol. The van der Waals surface area contributed by atoms with E-state index in [9.17, 15) is 9.59 Å². The van der Waals surface area contributed by atoms with Crippen molar-refractivity contribution in [2.45, 2.75) is 125 Å². The van der Waals surface area contributed by atoms with Gasteiger partial charge in [-0.2, -0.15) is 0 Å². The summed E-state index contributed by atoms with van der Waals surface area (Å²) in [7, 11) is 0. The molecule has 1 heterocycles. The normalized spacial score (nSPS) is 41.7. The summed E-state index contributed by atoms with van der Waals surface area (Å²) in [5.41, 5.74) is 5.00. The van der Waals surface area contributed by atoms with Gasteiger partial charge in [-0.15, -0.1) is 0 Å². The minimum atomic E-state index is -0.382. The summed E-state index contributed by atoms with van der Waals surface area (Å²) >= 11 is 0. The highest BCUT2D eigenvalue weighted by Gasteiger charge is 2.70. The summed E-state index contributed by atoms with van der Waals surface area (Å²) in [5.74, 6) is 1.49. The van der Waals surface area contributed by atoms with Gasteiger partial charge in [-0.05, 0) is 102 Å². The van der Waals surface area contributed by atoms with Gasteiger partial charge in [-0.3, -0.25) is 19.6 Å². The lowest BCUT2D eigenvalue weighted by Gasteiger charge is -2.72. The van der Waals surface area contributed by atoms with Gasteiger partial charge in [0.25, 0.3) is 0 Å². The monoisotopic (exact) mass is 576 g/mol. The van der Waals surface area contributed by atoms with Gasteiger partial charge in [0.05, 0.1) is 16.8 Å². The van der Waals surface area contributed by atoms with Crippen molar-refractivity contribution >= 4 is 17.5 Å². The molecule has 0 N–H and O–H groups in total. The smallest absolute Gasteiger partial charge is 0.302 e. The van der Waals surface area contributed by atoms with Crippen LogP contribution in [0.2, 0.25) is 0 Å². The standard InChI is InChI=1S/C36H52N2O4/c1-21(2)28-29-24-10-11-26-33(7)14-13-27(42-23(4)40)32(5,6)25(33)12-15-35(26,9)34(24,8)16-17-36(29,20-41-22(3)39)31-30(28)37-18-19-38-31/h18-19,21,24-27H,10-17,20H2,1-9H3/t24-,25+,26-,27+,33+,34-,35-,36+/m1/s1. The molecule has 0 amide bonds. The Hall–Kier alpha value is -2.24. The lowest BCUT2D eigenvalue weighted by molar-refractivity contribution is -0.231. The van der Waals surface area contributed by atoms with Gasteiger partial charge in [-0.1, -0.05) is 48.5 Å². The topological polar surface area (TPSA) is 78.4 Å². The number of carbonyl (C=O) groups is 2. The maximum atomic E-state index is 12.2. The van der Waals surface area contributed by atoms with Crippen molar-refractivity contribution < 1.29 is 19.1 Å². The molecule has 0 aliphatic heterocycles. The Morgan fingerprint density at radius 3 is 2.24 bits per heavy atom. The molecule has 8 atom stereocenters. The van der Waals surface area contributed by atoms with Gasteiger partial charge in [-0.25, -0.2) is 0 Å². The van der Waals surface area contributed by atoms with Gasteiger partial charge in [0, 0.05) is 31.7 Å². The third-order valence-electron chi connectivity index (χ3n) is 13.8. The maximum absolute atomic E-state index is 12.2. The van der Waals surface area contributed by atoms with Crippen molar-refractivity contribution in [3.8, 4) is 0 Å². The Bertz CT molecular complexity index is 1330. The molecule has 6 heteroatoms. The van der Waals surface area contributed by atoms with Crippen LogP contribution in [0, 0.1) is 45.3 Å². The summed E-state index contributed by atoms with van der Waals surface area (Å²) < 4.78 is 11.8. The number of aromatic nitrogens is 2. The van der Waals surface area contributed by atoms with Crippen LogP contribution in [0.25, 0.3) is 5.57 Å². The van der Waals surface area contributed by atoms with Gasteiger partial charge in [0.1, 0.15) is 12.7 Å². The molecule has 230 valence electrons. The van der Waals surface area contributed by atoms with Crippen LogP contribution in [0.15, 0.2) is 18.0 Å². The maximum Gasteiger partial charge on any atom is 0.302 e. The molecule has 0 spiro atoms. The number of rotatable bonds is 4. The highest BCUT2D eigenvalue weighted by Crippen LogP contribution is 2.76. The first-order valence-corrected chi connectivity index (χ1v) is 16.5. The van der Waals surface area contributed by atoms with E-state index in [4.69, 9.17) is 19.4 Å². The summed E-state index contributed by atoms with van der Waals surface area (Å²) in [6.45, 7) is 20.6. The van der Waals surface area contributed by atoms with Gasteiger partial charge in [0.2, 0.25) is 0 Å². The zero-order valence-electron chi connectivity index (χ0n) is 27.4. The molecule has 5 aliphatic rings. The average molecular weight is 577 g/mol. The Morgan fingerprint density at radius 2 is 1.57 bits per heavy atom. The molecule has 4 fully saturated rings. The van der Waals surface area contributed by atoms with Crippen molar-refractivity contribution in [2.75, 3.05) is 6.61 Å². The lowest BCUT2D eigenvalue weighted by atomic mass is 9.33. The van der Waals surface area contributed by atoms with Crippen LogP contribution < -0.4 is 0 Å². The van der Waals surface area contributed by atoms with E-state index in [0.717, 1.165) is 43.5 Å². The zero-order chi connectivity index (χ0) is 30.5. The summed E-state index contributed by atoms with van der Waals surface area (Å²) in [6, 6.07) is 0. The van der Waals surface area contributed by atoms with Crippen LogP contribution in [-0.4, -0.2) is 34.6 Å². The fourth-order valence-corrected chi connectivity index (χ4v) is 11.9. The second kappa shape index (κ2) is 9.63. The van der Waals surface area contributed by atoms with Crippen molar-refractivity contribution in [1.29, 1.82) is 0 Å².